The number of phenolic OH excluding ortho intramolecular Hbond substituents is 1. The summed E-state index contributed by atoms with van der Waals surface area (Å²) in [6.45, 7) is 11.5. The predicted molar refractivity (Wildman–Crippen MR) is 295 cm³/mol. The summed E-state index contributed by atoms with van der Waals surface area (Å²) in [6, 6.07) is -0.222. The second-order valence-corrected chi connectivity index (χ2v) is 22.2. The number of aliphatic imine (C=N–C) groups is 2. The molecule has 2 aliphatic heterocycles. The van der Waals surface area contributed by atoms with Gasteiger partial charge in [0.2, 0.25) is 35.4 Å². The Bertz CT molecular complexity index is 2280. The number of nitrogens with two attached hydrogens (primary N) is 5. The van der Waals surface area contributed by atoms with E-state index in [9.17, 15) is 53.4 Å². The van der Waals surface area contributed by atoms with Gasteiger partial charge in [-0.15, -0.1) is 0 Å². The number of guanidine groups is 2. The van der Waals surface area contributed by atoms with E-state index < -0.39 is 107 Å². The fraction of sp³-hybridized carbons (Fsp3) is 0.685. The van der Waals surface area contributed by atoms with Gasteiger partial charge in [-0.1, -0.05) is 46.8 Å². The number of rotatable bonds is 32. The molecule has 2 saturated heterocycles. The number of amides is 6. The van der Waals surface area contributed by atoms with Crippen LogP contribution in [0.3, 0.4) is 0 Å². The molecule has 2 heterocycles. The van der Waals surface area contributed by atoms with Gasteiger partial charge >= 0.3 is 5.97 Å². The van der Waals surface area contributed by atoms with Crippen LogP contribution in [0.2, 0.25) is 0 Å². The third kappa shape index (κ3) is 20.8. The number of phenols is 1. The highest BCUT2D eigenvalue weighted by Crippen LogP contribution is 2.32. The maximum atomic E-state index is 14.8. The highest BCUT2D eigenvalue weighted by molar-refractivity contribution is 5.98. The number of ketones is 2. The van der Waals surface area contributed by atoms with Crippen LogP contribution in [-0.2, 0) is 49.6 Å². The molecule has 2 aliphatic rings. The van der Waals surface area contributed by atoms with Gasteiger partial charge in [0.1, 0.15) is 29.9 Å². The number of carbonyl (C=O) groups is 9. The zero-order valence-electron chi connectivity index (χ0n) is 46.8. The number of hydrogen-bond donors (Lipinski definition) is 10. The first-order valence-electron chi connectivity index (χ1n) is 27.3. The van der Waals surface area contributed by atoms with Gasteiger partial charge in [-0.3, -0.25) is 53.1 Å². The summed E-state index contributed by atoms with van der Waals surface area (Å²) in [5.41, 5.74) is 27.6. The van der Waals surface area contributed by atoms with Crippen LogP contribution in [0.1, 0.15) is 137 Å². The number of carbonyl (C=O) groups excluding carboxylic acids is 8. The van der Waals surface area contributed by atoms with E-state index in [1.165, 1.54) is 40.8 Å². The fourth-order valence-electron chi connectivity index (χ4n) is 10.2. The Labute approximate surface area is 458 Å². The van der Waals surface area contributed by atoms with E-state index in [2.05, 4.69) is 25.9 Å². The number of likely N-dealkylation sites (tertiary alicyclic amines) is 2. The molecule has 0 saturated carbocycles. The van der Waals surface area contributed by atoms with Gasteiger partial charge < -0.3 is 69.5 Å². The zero-order valence-corrected chi connectivity index (χ0v) is 46.8. The number of hydrogen-bond acceptors (Lipinski definition) is 13. The number of nitrogens with zero attached hydrogens (tertiary/aromatic N) is 5. The first-order valence-corrected chi connectivity index (χ1v) is 27.3. The molecular weight excluding hydrogens is 1010 g/mol. The van der Waals surface area contributed by atoms with Crippen molar-refractivity contribution in [3.05, 3.63) is 29.8 Å². The molecule has 0 bridgehead atoms. The van der Waals surface area contributed by atoms with Crippen molar-refractivity contribution >= 4 is 64.9 Å². The van der Waals surface area contributed by atoms with Crippen LogP contribution in [-0.4, -0.2) is 166 Å². The van der Waals surface area contributed by atoms with E-state index in [1.807, 2.05) is 13.8 Å². The van der Waals surface area contributed by atoms with Gasteiger partial charge in [-0.05, 0) is 119 Å². The van der Waals surface area contributed by atoms with Gasteiger partial charge in [0.05, 0.1) is 18.0 Å². The normalized spacial score (nSPS) is 17.7. The van der Waals surface area contributed by atoms with Crippen molar-refractivity contribution in [2.75, 3.05) is 39.8 Å². The SMILES string of the molecule is CC(=O)N[C@@H](CCCCN)C(=O)N1CCC[C@H]1C(=O)N[C@@H](CC(C)C)C(=O)N1CCC[C@H]1C(=O)N(C)[C@@H](CCCN=C(N)N)C(=O)C[C@H](C(=O)N[C@@H](CCCN=C(N)N)C(=O)C[C@@H](Cc1ccc(O)cc1)C(=O)O)C(C)(C)C. The Balaban J connectivity index is 1.91. The Hall–Kier alpha value is -6.85. The lowest BCUT2D eigenvalue weighted by molar-refractivity contribution is -0.149. The smallest absolute Gasteiger partial charge is 0.307 e. The molecule has 0 unspecified atom stereocenters. The molecule has 0 aromatic heterocycles. The Kier molecular flexibility index (Phi) is 26.4. The van der Waals surface area contributed by atoms with Crippen LogP contribution in [0, 0.1) is 23.2 Å². The summed E-state index contributed by atoms with van der Waals surface area (Å²) >= 11 is 0. The number of aromatic hydroxyl groups is 1. The molecule has 8 atom stereocenters. The summed E-state index contributed by atoms with van der Waals surface area (Å²) in [7, 11) is 1.46. The number of aliphatic carboxylic acids is 1. The molecule has 15 N–H and O–H groups in total. The number of nitrogens with one attached hydrogen (secondary N) is 3. The highest BCUT2D eigenvalue weighted by atomic mass is 16.4. The third-order valence-electron chi connectivity index (χ3n) is 14.4. The van der Waals surface area contributed by atoms with Gasteiger partial charge in [0.25, 0.3) is 0 Å². The average Bonchev–Trinajstić information content (AvgIpc) is 4.07. The molecule has 1 aromatic rings. The minimum absolute atomic E-state index is 0.00968. The highest BCUT2D eigenvalue weighted by Gasteiger charge is 2.44. The molecule has 0 aliphatic carbocycles. The number of likely N-dealkylation sites (N-methyl/N-ethyl adjacent to an activating group) is 1. The van der Waals surface area contributed by atoms with Gasteiger partial charge in [-0.2, -0.15) is 0 Å². The van der Waals surface area contributed by atoms with E-state index in [0.717, 1.165) is 0 Å². The number of Topliss-reactive ketones (excluding diaryl/α,β-unsaturated/α-hetero) is 2. The van der Waals surface area contributed by atoms with Gasteiger partial charge in [0.15, 0.2) is 23.5 Å². The molecule has 436 valence electrons. The van der Waals surface area contributed by atoms with Crippen molar-refractivity contribution < 1.29 is 53.4 Å². The second-order valence-electron chi connectivity index (χ2n) is 22.2. The molecule has 0 spiro atoms. The maximum Gasteiger partial charge on any atom is 0.307 e. The fourth-order valence-corrected chi connectivity index (χ4v) is 10.2. The van der Waals surface area contributed by atoms with Crippen molar-refractivity contribution in [2.24, 2.45) is 61.8 Å². The molecule has 1 aromatic carbocycles. The van der Waals surface area contributed by atoms with E-state index >= 15 is 0 Å². The van der Waals surface area contributed by atoms with Crippen molar-refractivity contribution in [3.63, 3.8) is 0 Å². The quantitative estimate of drug-likeness (QED) is 0.0271. The number of carboxylic acid groups (broad SMARTS) is 1. The van der Waals surface area contributed by atoms with Crippen molar-refractivity contribution in [1.82, 2.24) is 30.7 Å². The molecular formula is C54H89N13O11. The second kappa shape index (κ2) is 31.5. The standard InChI is InChI=1S/C54H89N13O11/c1-32(2)28-40(64-47(73)42-17-12-26-66(42)48(74)39(62-33(3)68)14-8-9-23-55)49(75)67-27-13-18-43(67)50(76)65(7)41(16-11-25-61-53(58)59)45(71)31-37(54(4,5)6)46(72)63-38(15-10-24-60-52(56)57)44(70)30-35(51(77)78)29-34-19-21-36(69)22-20-34/h19-22,32,35,37-43,69H,8-18,23-31,55H2,1-7H3,(H,62,68)(H,63,72)(H,64,73)(H,77,78)(H4,56,57,60)(H4,58,59,61)/t35-,37-,38+,39+,40+,41+,42+,43+/m1/s1. The van der Waals surface area contributed by atoms with E-state index in [-0.39, 0.29) is 107 Å². The molecule has 24 heteroatoms. The topological polar surface area (TPSA) is 395 Å². The molecule has 78 heavy (non-hydrogen) atoms. The van der Waals surface area contributed by atoms with E-state index in [0.29, 0.717) is 50.6 Å². The lowest BCUT2D eigenvalue weighted by Gasteiger charge is -2.36. The van der Waals surface area contributed by atoms with Crippen LogP contribution in [0.5, 0.6) is 5.75 Å². The summed E-state index contributed by atoms with van der Waals surface area (Å²) in [5.74, 6) is -7.96. The average molecular weight is 1100 g/mol. The maximum absolute atomic E-state index is 14.8. The number of carboxylic acids is 1. The lowest BCUT2D eigenvalue weighted by atomic mass is 9.76. The summed E-state index contributed by atoms with van der Waals surface area (Å²) in [4.78, 5) is 138. The third-order valence-corrected chi connectivity index (χ3v) is 14.4. The van der Waals surface area contributed by atoms with E-state index in [1.54, 1.807) is 32.9 Å². The van der Waals surface area contributed by atoms with Crippen LogP contribution >= 0.6 is 0 Å². The van der Waals surface area contributed by atoms with Crippen molar-refractivity contribution in [3.8, 4) is 5.75 Å². The number of unbranched alkanes of at least 4 members (excludes halogenated alkanes) is 1. The molecule has 0 radical (unpaired) electrons. The zero-order chi connectivity index (χ0) is 58.4. The summed E-state index contributed by atoms with van der Waals surface area (Å²) < 4.78 is 0. The first-order chi connectivity index (χ1) is 36.7. The predicted octanol–water partition coefficient (Wildman–Crippen LogP) is 0.782. The van der Waals surface area contributed by atoms with Crippen molar-refractivity contribution in [1.29, 1.82) is 0 Å². The van der Waals surface area contributed by atoms with Crippen LogP contribution in [0.25, 0.3) is 0 Å². The monoisotopic (exact) mass is 1100 g/mol. The van der Waals surface area contributed by atoms with Crippen molar-refractivity contribution in [2.45, 2.75) is 174 Å². The Morgan fingerprint density at radius 3 is 1.82 bits per heavy atom. The lowest BCUT2D eigenvalue weighted by Crippen LogP contribution is -2.58. The minimum atomic E-state index is -1.23. The van der Waals surface area contributed by atoms with Crippen LogP contribution < -0.4 is 44.6 Å². The van der Waals surface area contributed by atoms with Gasteiger partial charge in [0, 0.05) is 58.9 Å². The largest absolute Gasteiger partial charge is 0.508 e. The van der Waals surface area contributed by atoms with Gasteiger partial charge in [-0.25, -0.2) is 0 Å². The van der Waals surface area contributed by atoms with Crippen LogP contribution in [0.15, 0.2) is 34.3 Å². The Morgan fingerprint density at radius 1 is 0.731 bits per heavy atom. The summed E-state index contributed by atoms with van der Waals surface area (Å²) in [5, 5.41) is 28.3. The molecule has 24 nitrogen and oxygen atoms in total. The van der Waals surface area contributed by atoms with Crippen LogP contribution in [0.4, 0.5) is 0 Å². The summed E-state index contributed by atoms with van der Waals surface area (Å²) in [6.07, 6.45) is 3.11. The number of benzene rings is 1. The first kappa shape index (κ1) is 65.4. The Morgan fingerprint density at radius 2 is 1.28 bits per heavy atom. The molecule has 2 fully saturated rings. The molecule has 6 amide bonds. The molecule has 3 rings (SSSR count). The van der Waals surface area contributed by atoms with E-state index in [4.69, 9.17) is 28.7 Å². The minimum Gasteiger partial charge on any atom is -0.508 e.